The van der Waals surface area contributed by atoms with Crippen molar-refractivity contribution < 1.29 is 28.9 Å². The third kappa shape index (κ3) is 6.09. The fourth-order valence-corrected chi connectivity index (χ4v) is 6.70. The summed E-state index contributed by atoms with van der Waals surface area (Å²) in [6.07, 6.45) is 1.87. The molecule has 2 aliphatic rings. The van der Waals surface area contributed by atoms with E-state index in [0.29, 0.717) is 58.3 Å². The fraction of sp³-hybridized carbons (Fsp3) is 0.250. The van der Waals surface area contributed by atoms with Gasteiger partial charge in [0.05, 0.1) is 18.2 Å². The van der Waals surface area contributed by atoms with Crippen LogP contribution in [0.15, 0.2) is 82.7 Å². The van der Waals surface area contributed by atoms with Gasteiger partial charge in [0.15, 0.2) is 15.8 Å². The Morgan fingerprint density at radius 3 is 2.65 bits per heavy atom. The number of Topliss-reactive ketones (excluding diaryl/α,β-unsaturated/α-hetero) is 1. The molecule has 9 nitrogen and oxygen atoms in total. The van der Waals surface area contributed by atoms with E-state index in [2.05, 4.69) is 17.1 Å². The Bertz CT molecular complexity index is 1670. The summed E-state index contributed by atoms with van der Waals surface area (Å²) in [5.74, 6) is 0.359. The number of anilines is 1. The normalized spacial score (nSPS) is 17.3. The van der Waals surface area contributed by atoms with Gasteiger partial charge in [-0.05, 0) is 47.9 Å². The Morgan fingerprint density at radius 2 is 1.84 bits per heavy atom. The molecule has 1 amide bonds. The van der Waals surface area contributed by atoms with Crippen molar-refractivity contribution in [2.75, 3.05) is 24.7 Å². The van der Waals surface area contributed by atoms with Crippen molar-refractivity contribution in [2.24, 2.45) is 0 Å². The fourth-order valence-electron chi connectivity index (χ4n) is 4.88. The summed E-state index contributed by atoms with van der Waals surface area (Å²) in [7, 11) is 0. The molecular formula is C32H29N3O6S2. The molecule has 220 valence electrons. The zero-order chi connectivity index (χ0) is 29.8. The average Bonchev–Trinajstić information content (AvgIpc) is 3.62. The van der Waals surface area contributed by atoms with Crippen LogP contribution >= 0.6 is 23.1 Å². The molecule has 0 aliphatic carbocycles. The van der Waals surface area contributed by atoms with E-state index in [9.17, 15) is 14.7 Å². The Kier molecular flexibility index (Phi) is 8.62. The number of ketones is 1. The molecule has 1 atom stereocenters. The van der Waals surface area contributed by atoms with Gasteiger partial charge in [-0.25, -0.2) is 0 Å². The highest BCUT2D eigenvalue weighted by atomic mass is 32.2. The number of hydrogen-bond donors (Lipinski definition) is 1. The molecule has 0 radical (unpaired) electrons. The summed E-state index contributed by atoms with van der Waals surface area (Å²) in [4.78, 5) is 28.6. The maximum atomic E-state index is 13.6. The molecule has 1 saturated heterocycles. The van der Waals surface area contributed by atoms with Crippen LogP contribution in [0, 0.1) is 0 Å². The van der Waals surface area contributed by atoms with Gasteiger partial charge in [-0.1, -0.05) is 78.9 Å². The van der Waals surface area contributed by atoms with E-state index < -0.39 is 17.7 Å². The zero-order valence-electron chi connectivity index (χ0n) is 23.4. The van der Waals surface area contributed by atoms with Gasteiger partial charge in [-0.15, -0.1) is 10.2 Å². The van der Waals surface area contributed by atoms with Gasteiger partial charge in [0.2, 0.25) is 5.13 Å². The quantitative estimate of drug-likeness (QED) is 0.0540. The first-order valence-electron chi connectivity index (χ1n) is 14.0. The molecule has 4 aromatic rings. The van der Waals surface area contributed by atoms with E-state index >= 15 is 0 Å². The molecule has 0 bridgehead atoms. The van der Waals surface area contributed by atoms with E-state index in [1.54, 1.807) is 30.3 Å². The first-order chi connectivity index (χ1) is 21.0. The maximum Gasteiger partial charge on any atom is 0.301 e. The predicted octanol–water partition coefficient (Wildman–Crippen LogP) is 6.41. The molecule has 6 rings (SSSR count). The van der Waals surface area contributed by atoms with Crippen molar-refractivity contribution in [2.45, 2.75) is 35.9 Å². The van der Waals surface area contributed by atoms with Gasteiger partial charge in [0.1, 0.15) is 24.7 Å². The molecule has 43 heavy (non-hydrogen) atoms. The molecule has 0 saturated carbocycles. The molecule has 0 spiro atoms. The van der Waals surface area contributed by atoms with E-state index in [-0.39, 0.29) is 16.5 Å². The molecule has 1 aromatic heterocycles. The second kappa shape index (κ2) is 12.9. The number of unbranched alkanes of at least 4 members (excludes halogenated alkanes) is 1. The summed E-state index contributed by atoms with van der Waals surface area (Å²) in [5.41, 5.74) is 2.00. The highest BCUT2D eigenvalue weighted by Gasteiger charge is 2.48. The van der Waals surface area contributed by atoms with Crippen LogP contribution in [0.3, 0.4) is 0 Å². The van der Waals surface area contributed by atoms with Crippen LogP contribution in [0.25, 0.3) is 5.76 Å². The van der Waals surface area contributed by atoms with E-state index in [0.717, 1.165) is 18.4 Å². The minimum absolute atomic E-state index is 0.0546. The number of nitrogens with zero attached hydrogens (tertiary/aromatic N) is 3. The van der Waals surface area contributed by atoms with Crippen molar-refractivity contribution in [3.63, 3.8) is 0 Å². The Hall–Kier alpha value is -4.35. The van der Waals surface area contributed by atoms with Gasteiger partial charge in [0, 0.05) is 11.3 Å². The van der Waals surface area contributed by atoms with Gasteiger partial charge >= 0.3 is 5.91 Å². The summed E-state index contributed by atoms with van der Waals surface area (Å²) in [6, 6.07) is 21.2. The number of aliphatic hydroxyl groups is 1. The van der Waals surface area contributed by atoms with Crippen LogP contribution in [0.1, 0.15) is 42.5 Å². The van der Waals surface area contributed by atoms with Gasteiger partial charge < -0.3 is 19.3 Å². The number of carbonyl (C=O) groups is 2. The summed E-state index contributed by atoms with van der Waals surface area (Å²) in [5, 5.41) is 20.5. The number of thioether (sulfide) groups is 1. The first-order valence-corrected chi connectivity index (χ1v) is 15.8. The highest BCUT2D eigenvalue weighted by Crippen LogP contribution is 2.45. The smallest absolute Gasteiger partial charge is 0.301 e. The van der Waals surface area contributed by atoms with Crippen molar-refractivity contribution in [1.29, 1.82) is 0 Å². The number of amides is 1. The van der Waals surface area contributed by atoms with Gasteiger partial charge in [-0.2, -0.15) is 0 Å². The molecule has 1 fully saturated rings. The van der Waals surface area contributed by atoms with Crippen molar-refractivity contribution >= 4 is 45.7 Å². The number of carbonyl (C=O) groups excluding carboxylic acids is 2. The van der Waals surface area contributed by atoms with Crippen molar-refractivity contribution in [3.8, 4) is 17.2 Å². The molecular weight excluding hydrogens is 587 g/mol. The van der Waals surface area contributed by atoms with Gasteiger partial charge in [-0.3, -0.25) is 14.5 Å². The number of benzene rings is 3. The Labute approximate surface area is 257 Å². The van der Waals surface area contributed by atoms with Crippen LogP contribution in [0.4, 0.5) is 5.13 Å². The van der Waals surface area contributed by atoms with Crippen LogP contribution in [0.5, 0.6) is 17.2 Å². The third-order valence-corrected chi connectivity index (χ3v) is 9.13. The average molecular weight is 616 g/mol. The summed E-state index contributed by atoms with van der Waals surface area (Å²) >= 11 is 2.72. The Morgan fingerprint density at radius 1 is 1.02 bits per heavy atom. The lowest BCUT2D eigenvalue weighted by Gasteiger charge is -2.23. The second-order valence-electron chi connectivity index (χ2n) is 9.93. The lowest BCUT2D eigenvalue weighted by molar-refractivity contribution is -0.132. The number of aliphatic hydroxyl groups excluding tert-OH is 1. The minimum Gasteiger partial charge on any atom is -0.507 e. The van der Waals surface area contributed by atoms with Gasteiger partial charge in [0.25, 0.3) is 5.78 Å². The largest absolute Gasteiger partial charge is 0.507 e. The number of rotatable bonds is 10. The van der Waals surface area contributed by atoms with Crippen LogP contribution in [-0.2, 0) is 15.3 Å². The molecule has 2 aliphatic heterocycles. The number of fused-ring (bicyclic) bond motifs is 1. The van der Waals surface area contributed by atoms with E-state index in [1.807, 2.05) is 42.5 Å². The molecule has 1 unspecified atom stereocenters. The monoisotopic (exact) mass is 615 g/mol. The summed E-state index contributed by atoms with van der Waals surface area (Å²) in [6.45, 7) is 3.41. The van der Waals surface area contributed by atoms with E-state index in [4.69, 9.17) is 14.2 Å². The summed E-state index contributed by atoms with van der Waals surface area (Å²) < 4.78 is 17.9. The number of aromatic nitrogens is 2. The van der Waals surface area contributed by atoms with Crippen LogP contribution < -0.4 is 19.1 Å². The van der Waals surface area contributed by atoms with Crippen LogP contribution in [0.2, 0.25) is 0 Å². The lowest BCUT2D eigenvalue weighted by atomic mass is 9.95. The number of ether oxygens (including phenoxy) is 3. The highest BCUT2D eigenvalue weighted by molar-refractivity contribution is 8.00. The molecule has 11 heteroatoms. The molecule has 1 N–H and O–H groups in total. The predicted molar refractivity (Wildman–Crippen MR) is 165 cm³/mol. The second-order valence-corrected chi connectivity index (χ2v) is 12.1. The Balaban J connectivity index is 1.39. The lowest BCUT2D eigenvalue weighted by Crippen LogP contribution is -2.29. The standard InChI is InChI=1S/C32H29N3O6S2/c1-2-3-14-39-23-11-7-10-21(17-23)27-26(28(36)22-12-13-24-25(18-22)41-16-15-40-24)29(37)30(38)35(27)31-33-34-32(43-31)42-19-20-8-5-4-6-9-20/h4-13,17-18,27,36H,2-3,14-16,19H2,1H3/b28-26+. The SMILES string of the molecule is CCCCOc1cccc(C2/C(=C(\O)c3ccc4c(c3)OCCO4)C(=O)C(=O)N2c2nnc(SCc3ccccc3)s2)c1. The molecule has 3 heterocycles. The molecule has 3 aromatic carbocycles. The third-order valence-electron chi connectivity index (χ3n) is 7.01. The van der Waals surface area contributed by atoms with Crippen LogP contribution in [-0.4, -0.2) is 46.8 Å². The van der Waals surface area contributed by atoms with E-state index in [1.165, 1.54) is 28.0 Å². The maximum absolute atomic E-state index is 13.6. The van der Waals surface area contributed by atoms with Crippen molar-refractivity contribution in [3.05, 3.63) is 95.1 Å². The zero-order valence-corrected chi connectivity index (χ0v) is 25.0. The number of hydrogen-bond acceptors (Lipinski definition) is 10. The minimum atomic E-state index is -0.956. The topological polar surface area (TPSA) is 111 Å². The first kappa shape index (κ1) is 28.8. The van der Waals surface area contributed by atoms with Crippen molar-refractivity contribution in [1.82, 2.24) is 10.2 Å².